The third-order valence-corrected chi connectivity index (χ3v) is 10.5. The van der Waals surface area contributed by atoms with Crippen LogP contribution in [0.3, 0.4) is 0 Å². The van der Waals surface area contributed by atoms with Gasteiger partial charge in [-0.15, -0.1) is 34.0 Å². The van der Waals surface area contributed by atoms with E-state index in [9.17, 15) is 28.7 Å². The van der Waals surface area contributed by atoms with Gasteiger partial charge in [0.1, 0.15) is 16.4 Å². The number of nitrogens with two attached hydrogens (primary N) is 1. The van der Waals surface area contributed by atoms with E-state index in [0.29, 0.717) is 29.2 Å². The highest BCUT2D eigenvalue weighted by molar-refractivity contribution is 7.16. The number of ether oxygens (including phenoxy) is 1. The number of halogens is 1. The minimum Gasteiger partial charge on any atom is -0.478 e. The Bertz CT molecular complexity index is 2200. The molecule has 6 aromatic rings. The van der Waals surface area contributed by atoms with Gasteiger partial charge in [-0.1, -0.05) is 62.4 Å². The van der Waals surface area contributed by atoms with Gasteiger partial charge in [-0.25, -0.2) is 19.0 Å². The number of thiazole rings is 1. The first kappa shape index (κ1) is 42.2. The van der Waals surface area contributed by atoms with Crippen LogP contribution in [-0.2, 0) is 20.7 Å². The number of nitrogens with one attached hydrogen (secondary N) is 1. The van der Waals surface area contributed by atoms with E-state index in [1.807, 2.05) is 61.7 Å². The summed E-state index contributed by atoms with van der Waals surface area (Å²) in [5, 5.41) is 24.9. The SMILES string of the molecule is CCOC(=O)C(C(C)C)C(N)Cc1ccc(F)cc1.O=C(/C=C/c1cccs1)Nc1scc(-c2ccccc2)c1C(=O)O.O=C(O)c1ccc2ncsc2c1. The Balaban J connectivity index is 0.000000194. The molecule has 14 heteroatoms. The van der Waals surface area contributed by atoms with Crippen LogP contribution in [0.2, 0.25) is 0 Å². The molecule has 3 aromatic heterocycles. The van der Waals surface area contributed by atoms with Gasteiger partial charge in [0.25, 0.3) is 0 Å². The maximum Gasteiger partial charge on any atom is 0.339 e. The number of thiophene rings is 2. The molecule has 2 unspecified atom stereocenters. The van der Waals surface area contributed by atoms with E-state index in [2.05, 4.69) is 10.3 Å². The minimum atomic E-state index is -1.06. The van der Waals surface area contributed by atoms with E-state index in [1.54, 1.807) is 54.2 Å². The second-order valence-corrected chi connectivity index (χ2v) is 15.0. The second-order valence-electron chi connectivity index (χ2n) is 12.2. The first-order valence-corrected chi connectivity index (χ1v) is 19.7. The maximum absolute atomic E-state index is 12.8. The van der Waals surface area contributed by atoms with Crippen LogP contribution in [0, 0.1) is 17.7 Å². The number of benzene rings is 3. The van der Waals surface area contributed by atoms with Gasteiger partial charge < -0.3 is 26.0 Å². The fourth-order valence-electron chi connectivity index (χ4n) is 5.38. The van der Waals surface area contributed by atoms with E-state index < -0.39 is 11.9 Å². The van der Waals surface area contributed by atoms with E-state index in [4.69, 9.17) is 15.6 Å². The standard InChI is InChI=1S/C18H13NO3S2.C15H22FNO2.C8H5NO2S/c20-15(9-8-13-7-4-10-23-13)19-17-16(18(21)22)14(11-24-17)12-5-2-1-3-6-12;1-4-19-15(18)14(10(2)3)13(17)9-11-5-7-12(16)8-6-11;10-8(11)5-1-2-6-7(3-5)12-4-9-6/h1-11H,(H,19,20)(H,21,22);5-8,10,13-14H,4,9,17H2,1-3H3;1-4H,(H,10,11)/b9-8+;;. The number of anilines is 1. The van der Waals surface area contributed by atoms with Crippen molar-refractivity contribution in [1.29, 1.82) is 0 Å². The van der Waals surface area contributed by atoms with Gasteiger partial charge >= 0.3 is 17.9 Å². The number of carbonyl (C=O) groups is 4. The van der Waals surface area contributed by atoms with Crippen LogP contribution < -0.4 is 11.1 Å². The molecule has 0 saturated carbocycles. The van der Waals surface area contributed by atoms with Crippen LogP contribution >= 0.6 is 34.0 Å². The summed E-state index contributed by atoms with van der Waals surface area (Å²) in [6.45, 7) is 6.03. The topological polar surface area (TPSA) is 169 Å². The molecule has 0 spiro atoms. The van der Waals surface area contributed by atoms with Crippen molar-refractivity contribution in [2.75, 3.05) is 11.9 Å². The number of hydrogen-bond donors (Lipinski definition) is 4. The third kappa shape index (κ3) is 12.5. The number of esters is 1. The summed E-state index contributed by atoms with van der Waals surface area (Å²) in [5.41, 5.74) is 11.4. The van der Waals surface area contributed by atoms with Crippen molar-refractivity contribution < 1.29 is 38.5 Å². The van der Waals surface area contributed by atoms with E-state index >= 15 is 0 Å². The number of rotatable bonds is 12. The lowest BCUT2D eigenvalue weighted by Gasteiger charge is -2.25. The lowest BCUT2D eigenvalue weighted by atomic mass is 9.85. The van der Waals surface area contributed by atoms with Gasteiger partial charge in [-0.2, -0.15) is 0 Å². The summed E-state index contributed by atoms with van der Waals surface area (Å²) in [6, 6.07) is 23.8. The average Bonchev–Trinajstić information content (AvgIpc) is 3.94. The quantitative estimate of drug-likeness (QED) is 0.0696. The Morgan fingerprint density at radius 1 is 0.927 bits per heavy atom. The minimum absolute atomic E-state index is 0.106. The van der Waals surface area contributed by atoms with Crippen molar-refractivity contribution in [3.8, 4) is 11.1 Å². The van der Waals surface area contributed by atoms with Crippen molar-refractivity contribution in [2.45, 2.75) is 33.2 Å². The lowest BCUT2D eigenvalue weighted by molar-refractivity contribution is -0.150. The van der Waals surface area contributed by atoms with E-state index in [-0.39, 0.29) is 41.1 Å². The summed E-state index contributed by atoms with van der Waals surface area (Å²) < 4.78 is 18.8. The number of aromatic nitrogens is 1. The summed E-state index contributed by atoms with van der Waals surface area (Å²) >= 11 is 4.17. The van der Waals surface area contributed by atoms with Crippen LogP contribution in [0.4, 0.5) is 9.39 Å². The molecule has 6 rings (SSSR count). The highest BCUT2D eigenvalue weighted by Gasteiger charge is 2.30. The summed E-state index contributed by atoms with van der Waals surface area (Å²) in [4.78, 5) is 51.2. The summed E-state index contributed by atoms with van der Waals surface area (Å²) in [7, 11) is 0. The molecule has 3 aromatic carbocycles. The Kier molecular flexibility index (Phi) is 16.0. The molecule has 10 nitrogen and oxygen atoms in total. The molecular weight excluding hydrogens is 762 g/mol. The van der Waals surface area contributed by atoms with Crippen molar-refractivity contribution >= 4 is 79.1 Å². The van der Waals surface area contributed by atoms with Gasteiger partial charge in [0.15, 0.2) is 0 Å². The largest absolute Gasteiger partial charge is 0.478 e. The van der Waals surface area contributed by atoms with Gasteiger partial charge in [-0.05, 0) is 78.2 Å². The molecule has 1 amide bonds. The zero-order valence-electron chi connectivity index (χ0n) is 30.2. The number of fused-ring (bicyclic) bond motifs is 1. The molecule has 0 aliphatic heterocycles. The fourth-order valence-corrected chi connectivity index (χ4v) is 7.68. The molecule has 0 bridgehead atoms. The first-order valence-electron chi connectivity index (χ1n) is 17.0. The van der Waals surface area contributed by atoms with Gasteiger partial charge in [0.2, 0.25) is 5.91 Å². The molecule has 5 N–H and O–H groups in total. The molecule has 0 saturated heterocycles. The summed E-state index contributed by atoms with van der Waals surface area (Å²) in [5.74, 6) is -3.08. The predicted octanol–water partition coefficient (Wildman–Crippen LogP) is 9.35. The molecule has 55 heavy (non-hydrogen) atoms. The maximum atomic E-state index is 12.8. The molecule has 0 aliphatic rings. The van der Waals surface area contributed by atoms with Crippen LogP contribution in [0.1, 0.15) is 51.9 Å². The highest BCUT2D eigenvalue weighted by Crippen LogP contribution is 2.35. The predicted molar refractivity (Wildman–Crippen MR) is 218 cm³/mol. The highest BCUT2D eigenvalue weighted by atomic mass is 32.1. The normalized spacial score (nSPS) is 11.9. The number of carbonyl (C=O) groups excluding carboxylic acids is 2. The molecule has 0 aliphatic carbocycles. The average molecular weight is 802 g/mol. The number of hydrogen-bond acceptors (Lipinski definition) is 10. The van der Waals surface area contributed by atoms with Crippen LogP contribution in [0.15, 0.2) is 107 Å². The first-order chi connectivity index (χ1) is 26.4. The fraction of sp³-hybridized carbons (Fsp3) is 0.195. The number of aromatic carboxylic acids is 2. The van der Waals surface area contributed by atoms with Crippen LogP contribution in [0.5, 0.6) is 0 Å². The van der Waals surface area contributed by atoms with Crippen molar-refractivity contribution in [3.63, 3.8) is 0 Å². The Morgan fingerprint density at radius 2 is 1.65 bits per heavy atom. The number of carboxylic acids is 2. The molecule has 286 valence electrons. The van der Waals surface area contributed by atoms with Crippen LogP contribution in [-0.4, -0.2) is 51.7 Å². The molecular formula is C41H40FN3O7S3. The van der Waals surface area contributed by atoms with E-state index in [0.717, 1.165) is 26.2 Å². The van der Waals surface area contributed by atoms with Crippen molar-refractivity contribution in [3.05, 3.63) is 135 Å². The molecule has 2 atom stereocenters. The zero-order valence-corrected chi connectivity index (χ0v) is 32.6. The van der Waals surface area contributed by atoms with Gasteiger partial charge in [0.05, 0.1) is 33.8 Å². The Labute approximate surface area is 329 Å². The molecule has 0 radical (unpaired) electrons. The molecule has 0 fully saturated rings. The van der Waals surface area contributed by atoms with Gasteiger partial charge in [-0.3, -0.25) is 9.59 Å². The number of amides is 1. The molecule has 3 heterocycles. The second kappa shape index (κ2) is 20.8. The number of nitrogens with zero attached hydrogens (tertiary/aromatic N) is 1. The zero-order chi connectivity index (χ0) is 39.9. The van der Waals surface area contributed by atoms with Gasteiger partial charge in [0, 0.05) is 27.9 Å². The Morgan fingerprint density at radius 3 is 2.27 bits per heavy atom. The van der Waals surface area contributed by atoms with Crippen LogP contribution in [0.25, 0.3) is 27.4 Å². The summed E-state index contributed by atoms with van der Waals surface area (Å²) in [6.07, 6.45) is 3.63. The monoisotopic (exact) mass is 801 g/mol. The third-order valence-electron chi connectivity index (χ3n) is 7.97. The van der Waals surface area contributed by atoms with Crippen molar-refractivity contribution in [1.82, 2.24) is 4.98 Å². The lowest BCUT2D eigenvalue weighted by Crippen LogP contribution is -2.41. The smallest absolute Gasteiger partial charge is 0.339 e. The van der Waals surface area contributed by atoms with Crippen molar-refractivity contribution in [2.24, 2.45) is 17.6 Å². The van der Waals surface area contributed by atoms with E-state index in [1.165, 1.54) is 52.2 Å². The number of carboxylic acid groups (broad SMARTS) is 2. The Hall–Kier alpha value is -5.54.